The number of nitrogen functional groups attached to an aromatic ring is 2. The maximum Gasteiger partial charge on any atom is 0.340 e. The third-order valence-electron chi connectivity index (χ3n) is 4.81. The van der Waals surface area contributed by atoms with Crippen LogP contribution in [0.4, 0.5) is 39.2 Å². The molecule has 0 spiro atoms. The van der Waals surface area contributed by atoms with Crippen molar-refractivity contribution in [1.29, 1.82) is 0 Å². The summed E-state index contributed by atoms with van der Waals surface area (Å²) < 4.78 is 0. The molecule has 3 heterocycles. The Kier molecular flexibility index (Phi) is 3.99. The van der Waals surface area contributed by atoms with Crippen molar-refractivity contribution in [1.82, 2.24) is 19.9 Å². The van der Waals surface area contributed by atoms with Gasteiger partial charge in [-0.1, -0.05) is 24.3 Å². The molecule has 0 radical (unpaired) electrons. The van der Waals surface area contributed by atoms with Gasteiger partial charge in [0.2, 0.25) is 0 Å². The molecule has 0 saturated heterocycles. The third kappa shape index (κ3) is 2.60. The molecule has 146 valence electrons. The predicted octanol–water partition coefficient (Wildman–Crippen LogP) is 3.51. The van der Waals surface area contributed by atoms with E-state index in [2.05, 4.69) is 19.9 Å². The molecule has 30 heavy (non-hydrogen) atoms. The summed E-state index contributed by atoms with van der Waals surface area (Å²) in [5, 5.41) is 0. The molecule has 1 aliphatic rings. The quantitative estimate of drug-likeness (QED) is 0.496. The molecule has 2 amide bonds. The van der Waals surface area contributed by atoms with Crippen molar-refractivity contribution in [3.05, 3.63) is 73.6 Å². The number of hydrogen-bond donors (Lipinski definition) is 2. The fraction of sp³-hybridized carbons (Fsp3) is 0. The Labute approximate surface area is 171 Å². The summed E-state index contributed by atoms with van der Waals surface area (Å²) in [6, 6.07) is 10.5. The summed E-state index contributed by atoms with van der Waals surface area (Å²) in [5.41, 5.74) is 16.0. The van der Waals surface area contributed by atoms with Crippen molar-refractivity contribution >= 4 is 40.4 Å². The highest BCUT2D eigenvalue weighted by Gasteiger charge is 2.37. The van der Waals surface area contributed by atoms with Gasteiger partial charge < -0.3 is 11.5 Å². The molecular weight excluding hydrogens is 380 g/mol. The lowest BCUT2D eigenvalue weighted by Gasteiger charge is -2.28. The highest BCUT2D eigenvalue weighted by atomic mass is 16.2. The van der Waals surface area contributed by atoms with Crippen molar-refractivity contribution in [3.8, 4) is 11.1 Å². The monoisotopic (exact) mass is 396 g/mol. The molecule has 0 bridgehead atoms. The van der Waals surface area contributed by atoms with Crippen LogP contribution in [-0.4, -0.2) is 26.0 Å². The molecule has 9 nitrogen and oxygen atoms in total. The maximum atomic E-state index is 14.0. The topological polar surface area (TPSA) is 127 Å². The number of nitrogens with two attached hydrogens (primary N) is 2. The van der Waals surface area contributed by atoms with Gasteiger partial charge in [0.05, 0.1) is 35.1 Å². The van der Waals surface area contributed by atoms with E-state index in [4.69, 9.17) is 11.5 Å². The highest BCUT2D eigenvalue weighted by molar-refractivity contribution is 6.20. The molecule has 0 aliphatic carbocycles. The molecule has 9 heteroatoms. The standard InChI is InChI=1S/C21H16N8O/c22-15-5-1-3-13-14-4-2-6-16(23)20(14)29(18-12-25-8-10-27-18)21(30)28(19(13)15)17-11-24-7-9-26-17/h1-12H,22-23H2. The number of hydrogen-bond acceptors (Lipinski definition) is 7. The first-order chi connectivity index (χ1) is 14.7. The van der Waals surface area contributed by atoms with E-state index < -0.39 is 6.03 Å². The zero-order valence-electron chi connectivity index (χ0n) is 15.7. The Morgan fingerprint density at radius 3 is 1.53 bits per heavy atom. The number of anilines is 6. The lowest BCUT2D eigenvalue weighted by atomic mass is 9.99. The summed E-state index contributed by atoms with van der Waals surface area (Å²) >= 11 is 0. The van der Waals surface area contributed by atoms with Crippen LogP contribution < -0.4 is 21.3 Å². The van der Waals surface area contributed by atoms with Crippen LogP contribution in [0, 0.1) is 0 Å². The molecule has 4 aromatic rings. The van der Waals surface area contributed by atoms with Gasteiger partial charge in [0.15, 0.2) is 11.6 Å². The number of carbonyl (C=O) groups is 1. The number of para-hydroxylation sites is 2. The average Bonchev–Trinajstić information content (AvgIpc) is 2.89. The van der Waals surface area contributed by atoms with Crippen LogP contribution in [-0.2, 0) is 0 Å². The summed E-state index contributed by atoms with van der Waals surface area (Å²) in [7, 11) is 0. The van der Waals surface area contributed by atoms with Gasteiger partial charge in [0.1, 0.15) is 0 Å². The van der Waals surface area contributed by atoms with E-state index in [1.54, 1.807) is 12.1 Å². The molecule has 0 atom stereocenters. The minimum Gasteiger partial charge on any atom is -0.397 e. The minimum atomic E-state index is -0.452. The second-order valence-electron chi connectivity index (χ2n) is 6.57. The van der Waals surface area contributed by atoms with E-state index in [0.717, 1.165) is 11.1 Å². The van der Waals surface area contributed by atoms with E-state index in [1.807, 2.05) is 24.3 Å². The lowest BCUT2D eigenvalue weighted by Crippen LogP contribution is -2.38. The Hall–Kier alpha value is -4.53. The van der Waals surface area contributed by atoms with Gasteiger partial charge in [-0.3, -0.25) is 9.97 Å². The number of amides is 2. The van der Waals surface area contributed by atoms with Crippen molar-refractivity contribution in [2.24, 2.45) is 0 Å². The second kappa shape index (κ2) is 6.82. The number of aromatic nitrogens is 4. The van der Waals surface area contributed by atoms with Crippen LogP contribution in [0.25, 0.3) is 11.1 Å². The van der Waals surface area contributed by atoms with Crippen LogP contribution in [0.1, 0.15) is 0 Å². The molecule has 0 saturated carbocycles. The minimum absolute atomic E-state index is 0.321. The fourth-order valence-corrected chi connectivity index (χ4v) is 3.59. The molecule has 0 fully saturated rings. The average molecular weight is 396 g/mol. The first-order valence-electron chi connectivity index (χ1n) is 9.10. The normalized spacial score (nSPS) is 12.9. The lowest BCUT2D eigenvalue weighted by molar-refractivity contribution is 0.255. The molecule has 2 aromatic heterocycles. The van der Waals surface area contributed by atoms with E-state index in [9.17, 15) is 4.79 Å². The Morgan fingerprint density at radius 1 is 0.667 bits per heavy atom. The van der Waals surface area contributed by atoms with Gasteiger partial charge in [0, 0.05) is 35.9 Å². The van der Waals surface area contributed by atoms with Gasteiger partial charge in [-0.2, -0.15) is 0 Å². The van der Waals surface area contributed by atoms with Crippen LogP contribution in [0.5, 0.6) is 0 Å². The number of carbonyl (C=O) groups excluding carboxylic acids is 1. The van der Waals surface area contributed by atoms with E-state index >= 15 is 0 Å². The third-order valence-corrected chi connectivity index (χ3v) is 4.81. The first-order valence-corrected chi connectivity index (χ1v) is 9.10. The summed E-state index contributed by atoms with van der Waals surface area (Å²) in [6.45, 7) is 0. The van der Waals surface area contributed by atoms with Gasteiger partial charge in [-0.25, -0.2) is 24.6 Å². The SMILES string of the molecule is Nc1cccc2c1N(c1cnccn1)C(=O)N(c1cnccn1)c1c(N)cccc1-2. The number of benzene rings is 2. The number of fused-ring (bicyclic) bond motifs is 3. The van der Waals surface area contributed by atoms with Crippen molar-refractivity contribution in [3.63, 3.8) is 0 Å². The molecule has 2 aromatic carbocycles. The zero-order valence-corrected chi connectivity index (χ0v) is 15.7. The molecule has 1 aliphatic heterocycles. The van der Waals surface area contributed by atoms with Crippen molar-refractivity contribution < 1.29 is 4.79 Å². The number of rotatable bonds is 2. The maximum absolute atomic E-state index is 14.0. The fourth-order valence-electron chi connectivity index (χ4n) is 3.59. The second-order valence-corrected chi connectivity index (χ2v) is 6.57. The van der Waals surface area contributed by atoms with E-state index in [1.165, 1.54) is 47.0 Å². The van der Waals surface area contributed by atoms with Gasteiger partial charge in [-0.15, -0.1) is 0 Å². The van der Waals surface area contributed by atoms with Crippen molar-refractivity contribution in [2.75, 3.05) is 21.3 Å². The Bertz CT molecular complexity index is 1150. The van der Waals surface area contributed by atoms with Crippen LogP contribution >= 0.6 is 0 Å². The number of urea groups is 1. The molecule has 4 N–H and O–H groups in total. The van der Waals surface area contributed by atoms with Crippen LogP contribution in [0.15, 0.2) is 73.6 Å². The first kappa shape index (κ1) is 17.6. The number of nitrogens with zero attached hydrogens (tertiary/aromatic N) is 6. The van der Waals surface area contributed by atoms with Gasteiger partial charge in [0.25, 0.3) is 0 Å². The summed E-state index contributed by atoms with van der Waals surface area (Å²) in [4.78, 5) is 33.8. The van der Waals surface area contributed by atoms with E-state index in [0.29, 0.717) is 34.4 Å². The summed E-state index contributed by atoms with van der Waals surface area (Å²) in [5.74, 6) is 0.642. The predicted molar refractivity (Wildman–Crippen MR) is 114 cm³/mol. The molecular formula is C21H16N8O. The van der Waals surface area contributed by atoms with Crippen molar-refractivity contribution in [2.45, 2.75) is 0 Å². The highest BCUT2D eigenvalue weighted by Crippen LogP contribution is 2.49. The molecule has 0 unspecified atom stereocenters. The van der Waals surface area contributed by atoms with Crippen LogP contribution in [0.2, 0.25) is 0 Å². The van der Waals surface area contributed by atoms with Gasteiger partial charge in [-0.05, 0) is 12.1 Å². The smallest absolute Gasteiger partial charge is 0.340 e. The molecule has 5 rings (SSSR count). The van der Waals surface area contributed by atoms with Crippen LogP contribution in [0.3, 0.4) is 0 Å². The Morgan fingerprint density at radius 2 is 1.13 bits per heavy atom. The largest absolute Gasteiger partial charge is 0.397 e. The zero-order chi connectivity index (χ0) is 20.7. The van der Waals surface area contributed by atoms with Gasteiger partial charge >= 0.3 is 6.03 Å². The summed E-state index contributed by atoms with van der Waals surface area (Å²) in [6.07, 6.45) is 9.11. The van der Waals surface area contributed by atoms with E-state index in [-0.39, 0.29) is 0 Å². The Balaban J connectivity index is 1.89.